The Labute approximate surface area is 122 Å². The summed E-state index contributed by atoms with van der Waals surface area (Å²) in [5.74, 6) is 0. The van der Waals surface area contributed by atoms with Gasteiger partial charge in [0.15, 0.2) is 0 Å². The second-order valence-corrected chi connectivity index (χ2v) is 5.62. The zero-order valence-electron chi connectivity index (χ0n) is 13.0. The number of anilines is 1. The van der Waals surface area contributed by atoms with Crippen LogP contribution in [0.1, 0.15) is 24.6 Å². The fourth-order valence-electron chi connectivity index (χ4n) is 2.34. The molecule has 3 nitrogen and oxygen atoms in total. The van der Waals surface area contributed by atoms with Crippen LogP contribution in [0.2, 0.25) is 0 Å². The van der Waals surface area contributed by atoms with Crippen LogP contribution in [0, 0.1) is 6.92 Å². The van der Waals surface area contributed by atoms with Crippen molar-refractivity contribution in [3.63, 3.8) is 0 Å². The molecule has 0 spiro atoms. The van der Waals surface area contributed by atoms with Gasteiger partial charge >= 0.3 is 0 Å². The van der Waals surface area contributed by atoms with Crippen molar-refractivity contribution in [2.45, 2.75) is 26.7 Å². The summed E-state index contributed by atoms with van der Waals surface area (Å²) in [6.07, 6.45) is 2.11. The third kappa shape index (κ3) is 3.70. The van der Waals surface area contributed by atoms with Crippen molar-refractivity contribution in [2.24, 2.45) is 0 Å². The van der Waals surface area contributed by atoms with Gasteiger partial charge in [-0.3, -0.25) is 4.98 Å². The van der Waals surface area contributed by atoms with E-state index in [0.717, 1.165) is 37.1 Å². The minimum atomic E-state index is 0.968. The third-order valence-electron chi connectivity index (χ3n) is 3.48. The van der Waals surface area contributed by atoms with Gasteiger partial charge in [-0.1, -0.05) is 18.6 Å². The lowest BCUT2D eigenvalue weighted by Gasteiger charge is -2.13. The second-order valence-electron chi connectivity index (χ2n) is 5.62. The summed E-state index contributed by atoms with van der Waals surface area (Å²) in [4.78, 5) is 6.92. The van der Waals surface area contributed by atoms with Crippen molar-refractivity contribution in [1.29, 1.82) is 0 Å². The van der Waals surface area contributed by atoms with Gasteiger partial charge in [-0.2, -0.15) is 0 Å². The molecule has 0 atom stereocenters. The van der Waals surface area contributed by atoms with E-state index in [1.165, 1.54) is 16.6 Å². The van der Waals surface area contributed by atoms with E-state index in [9.17, 15) is 0 Å². The molecule has 1 aromatic heterocycles. The largest absolute Gasteiger partial charge is 0.384 e. The van der Waals surface area contributed by atoms with E-state index in [1.54, 1.807) is 0 Å². The number of benzene rings is 1. The van der Waals surface area contributed by atoms with Crippen molar-refractivity contribution >= 4 is 16.6 Å². The Morgan fingerprint density at radius 3 is 2.70 bits per heavy atom. The molecule has 1 heterocycles. The second kappa shape index (κ2) is 6.71. The highest BCUT2D eigenvalue weighted by Crippen LogP contribution is 2.24. The minimum absolute atomic E-state index is 0.968. The first-order valence-corrected chi connectivity index (χ1v) is 7.39. The zero-order chi connectivity index (χ0) is 14.5. The van der Waals surface area contributed by atoms with Crippen LogP contribution in [0.3, 0.4) is 0 Å². The molecule has 0 saturated heterocycles. The van der Waals surface area contributed by atoms with Crippen molar-refractivity contribution in [1.82, 2.24) is 9.88 Å². The highest BCUT2D eigenvalue weighted by Gasteiger charge is 2.05. The summed E-state index contributed by atoms with van der Waals surface area (Å²) in [6, 6.07) is 8.66. The molecular formula is C17H25N3. The Morgan fingerprint density at radius 1 is 1.20 bits per heavy atom. The molecule has 0 saturated carbocycles. The topological polar surface area (TPSA) is 28.2 Å². The lowest BCUT2D eigenvalue weighted by Crippen LogP contribution is -2.16. The number of fused-ring (bicyclic) bond motifs is 1. The van der Waals surface area contributed by atoms with E-state index in [2.05, 4.69) is 62.4 Å². The summed E-state index contributed by atoms with van der Waals surface area (Å²) >= 11 is 0. The average molecular weight is 271 g/mol. The molecule has 0 amide bonds. The van der Waals surface area contributed by atoms with Crippen molar-refractivity contribution in [3.05, 3.63) is 35.5 Å². The average Bonchev–Trinajstić information content (AvgIpc) is 2.43. The maximum absolute atomic E-state index is 4.70. The first-order valence-electron chi connectivity index (χ1n) is 7.39. The maximum Gasteiger partial charge on any atom is 0.0726 e. The molecule has 2 aromatic rings. The number of nitrogens with zero attached hydrogens (tertiary/aromatic N) is 2. The molecule has 108 valence electrons. The normalized spacial score (nSPS) is 11.2. The molecule has 1 N–H and O–H groups in total. The SMILES string of the molecule is CCc1cc(NCCCN(C)C)c2cc(C)ccc2n1. The molecular weight excluding hydrogens is 246 g/mol. The summed E-state index contributed by atoms with van der Waals surface area (Å²) in [6.45, 7) is 6.38. The summed E-state index contributed by atoms with van der Waals surface area (Å²) < 4.78 is 0. The molecule has 0 bridgehead atoms. The Hall–Kier alpha value is -1.61. The van der Waals surface area contributed by atoms with Crippen LogP contribution in [-0.4, -0.2) is 37.1 Å². The Kier molecular flexibility index (Phi) is 4.96. The van der Waals surface area contributed by atoms with E-state index >= 15 is 0 Å². The van der Waals surface area contributed by atoms with E-state index in [0.29, 0.717) is 0 Å². The number of nitrogens with one attached hydrogen (secondary N) is 1. The molecule has 0 aliphatic rings. The van der Waals surface area contributed by atoms with Crippen LogP contribution in [0.25, 0.3) is 10.9 Å². The van der Waals surface area contributed by atoms with Gasteiger partial charge in [0, 0.05) is 23.3 Å². The Balaban J connectivity index is 2.22. The Bertz CT molecular complexity index is 576. The van der Waals surface area contributed by atoms with Gasteiger partial charge in [0.1, 0.15) is 0 Å². The van der Waals surface area contributed by atoms with Crippen LogP contribution in [-0.2, 0) is 6.42 Å². The molecule has 0 radical (unpaired) electrons. The quantitative estimate of drug-likeness (QED) is 0.815. The summed E-state index contributed by atoms with van der Waals surface area (Å²) in [5.41, 5.74) is 4.73. The number of aryl methyl sites for hydroxylation is 2. The van der Waals surface area contributed by atoms with Crippen molar-refractivity contribution in [3.8, 4) is 0 Å². The number of hydrogen-bond donors (Lipinski definition) is 1. The van der Waals surface area contributed by atoms with Gasteiger partial charge in [-0.05, 0) is 58.6 Å². The monoisotopic (exact) mass is 271 g/mol. The Morgan fingerprint density at radius 2 is 2.00 bits per heavy atom. The minimum Gasteiger partial charge on any atom is -0.384 e. The van der Waals surface area contributed by atoms with Crippen LogP contribution in [0.5, 0.6) is 0 Å². The molecule has 0 aliphatic carbocycles. The van der Waals surface area contributed by atoms with Crippen LogP contribution in [0.15, 0.2) is 24.3 Å². The summed E-state index contributed by atoms with van der Waals surface area (Å²) in [5, 5.41) is 4.81. The molecule has 0 fully saturated rings. The number of hydrogen-bond acceptors (Lipinski definition) is 3. The third-order valence-corrected chi connectivity index (χ3v) is 3.48. The lowest BCUT2D eigenvalue weighted by molar-refractivity contribution is 0.405. The lowest BCUT2D eigenvalue weighted by atomic mass is 10.1. The molecule has 0 aliphatic heterocycles. The first-order chi connectivity index (χ1) is 9.60. The van der Waals surface area contributed by atoms with Crippen LogP contribution < -0.4 is 5.32 Å². The van der Waals surface area contributed by atoms with Gasteiger partial charge in [-0.25, -0.2) is 0 Å². The van der Waals surface area contributed by atoms with Crippen LogP contribution in [0.4, 0.5) is 5.69 Å². The predicted octanol–water partition coefficient (Wildman–Crippen LogP) is 3.47. The highest BCUT2D eigenvalue weighted by molar-refractivity contribution is 5.92. The molecule has 3 heteroatoms. The molecule has 0 unspecified atom stereocenters. The van der Waals surface area contributed by atoms with Gasteiger partial charge in [-0.15, -0.1) is 0 Å². The van der Waals surface area contributed by atoms with Crippen molar-refractivity contribution in [2.75, 3.05) is 32.5 Å². The van der Waals surface area contributed by atoms with Gasteiger partial charge in [0.25, 0.3) is 0 Å². The van der Waals surface area contributed by atoms with E-state index in [1.807, 2.05) is 0 Å². The number of aromatic nitrogens is 1. The van der Waals surface area contributed by atoms with Crippen LogP contribution >= 0.6 is 0 Å². The van der Waals surface area contributed by atoms with Gasteiger partial charge < -0.3 is 10.2 Å². The zero-order valence-corrected chi connectivity index (χ0v) is 13.0. The predicted molar refractivity (Wildman–Crippen MR) is 87.5 cm³/mol. The molecule has 20 heavy (non-hydrogen) atoms. The summed E-state index contributed by atoms with van der Waals surface area (Å²) in [7, 11) is 4.22. The van der Waals surface area contributed by atoms with Gasteiger partial charge in [0.05, 0.1) is 5.52 Å². The van der Waals surface area contributed by atoms with Gasteiger partial charge in [0.2, 0.25) is 0 Å². The van der Waals surface area contributed by atoms with Crippen molar-refractivity contribution < 1.29 is 0 Å². The number of rotatable bonds is 6. The fraction of sp³-hybridized carbons (Fsp3) is 0.471. The molecule has 2 rings (SSSR count). The van der Waals surface area contributed by atoms with E-state index in [-0.39, 0.29) is 0 Å². The first kappa shape index (κ1) is 14.8. The van der Waals surface area contributed by atoms with E-state index in [4.69, 9.17) is 4.98 Å². The smallest absolute Gasteiger partial charge is 0.0726 e. The highest BCUT2D eigenvalue weighted by atomic mass is 15.1. The standard InChI is InChI=1S/C17H25N3/c1-5-14-12-17(18-9-6-10-20(3)4)15-11-13(2)7-8-16(15)19-14/h7-8,11-12H,5-6,9-10H2,1-4H3,(H,18,19). The van der Waals surface area contributed by atoms with E-state index < -0.39 is 0 Å². The maximum atomic E-state index is 4.70. The molecule has 1 aromatic carbocycles. The number of pyridine rings is 1. The fourth-order valence-corrected chi connectivity index (χ4v) is 2.34.